The van der Waals surface area contributed by atoms with Gasteiger partial charge in [-0.15, -0.1) is 10.2 Å². The Morgan fingerprint density at radius 2 is 1.82 bits per heavy atom. The highest BCUT2D eigenvalue weighted by molar-refractivity contribution is 9.10. The molecule has 0 unspecified atom stereocenters. The summed E-state index contributed by atoms with van der Waals surface area (Å²) in [4.78, 5) is 12.2. The van der Waals surface area contributed by atoms with E-state index in [1.54, 1.807) is 30.3 Å². The maximum Gasteiger partial charge on any atom is 0.258 e. The summed E-state index contributed by atoms with van der Waals surface area (Å²) >= 11 is 4.56. The zero-order valence-corrected chi connectivity index (χ0v) is 13.5. The second-order valence-corrected chi connectivity index (χ2v) is 6.19. The van der Waals surface area contributed by atoms with Gasteiger partial charge in [0.15, 0.2) is 0 Å². The van der Waals surface area contributed by atoms with Crippen molar-refractivity contribution in [2.75, 3.05) is 5.32 Å². The maximum absolute atomic E-state index is 12.9. The molecule has 1 N–H and O–H groups in total. The lowest BCUT2D eigenvalue weighted by Crippen LogP contribution is -2.12. The number of hydrogen-bond donors (Lipinski definition) is 1. The zero-order chi connectivity index (χ0) is 15.5. The number of nitrogens with one attached hydrogen (secondary N) is 1. The minimum atomic E-state index is -0.310. The summed E-state index contributed by atoms with van der Waals surface area (Å²) in [5, 5.41) is 11.6. The molecule has 1 heterocycles. The van der Waals surface area contributed by atoms with Gasteiger partial charge in [-0.2, -0.15) is 0 Å². The predicted molar refractivity (Wildman–Crippen MR) is 87.4 cm³/mol. The number of amides is 1. The molecule has 0 atom stereocenters. The summed E-state index contributed by atoms with van der Waals surface area (Å²) in [7, 11) is 0. The van der Waals surface area contributed by atoms with Crippen LogP contribution in [0.15, 0.2) is 53.0 Å². The van der Waals surface area contributed by atoms with Gasteiger partial charge in [0.2, 0.25) is 5.13 Å². The first-order chi connectivity index (χ1) is 10.6. The smallest absolute Gasteiger partial charge is 0.258 e. The fraction of sp³-hybridized carbons (Fsp3) is 0. The van der Waals surface area contributed by atoms with Crippen LogP contribution in [0.3, 0.4) is 0 Å². The molecule has 0 saturated carbocycles. The van der Waals surface area contributed by atoms with Gasteiger partial charge in [0.25, 0.3) is 5.91 Å². The molecule has 110 valence electrons. The van der Waals surface area contributed by atoms with E-state index in [4.69, 9.17) is 0 Å². The second-order valence-electron chi connectivity index (χ2n) is 4.35. The van der Waals surface area contributed by atoms with Gasteiger partial charge >= 0.3 is 0 Å². The lowest BCUT2D eigenvalue weighted by molar-refractivity contribution is 0.102. The van der Waals surface area contributed by atoms with E-state index < -0.39 is 0 Å². The SMILES string of the molecule is O=C(Nc1nnc(-c2ccc(F)cc2)s1)c1ccccc1Br. The maximum atomic E-state index is 12.9. The molecular formula is C15H9BrFN3OS. The molecule has 3 rings (SSSR count). The Balaban J connectivity index is 1.78. The summed E-state index contributed by atoms with van der Waals surface area (Å²) < 4.78 is 13.6. The van der Waals surface area contributed by atoms with E-state index in [0.717, 1.165) is 5.56 Å². The number of carbonyl (C=O) groups excluding carboxylic acids is 1. The Morgan fingerprint density at radius 3 is 2.55 bits per heavy atom. The minimum absolute atomic E-state index is 0.269. The van der Waals surface area contributed by atoms with Gasteiger partial charge < -0.3 is 0 Å². The summed E-state index contributed by atoms with van der Waals surface area (Å²) in [6.45, 7) is 0. The molecule has 0 aliphatic carbocycles. The van der Waals surface area contributed by atoms with Crippen molar-refractivity contribution in [1.29, 1.82) is 0 Å². The minimum Gasteiger partial charge on any atom is -0.296 e. The molecule has 0 fully saturated rings. The van der Waals surface area contributed by atoms with Crippen LogP contribution in [-0.2, 0) is 0 Å². The number of rotatable bonds is 3. The molecule has 7 heteroatoms. The number of aromatic nitrogens is 2. The lowest BCUT2D eigenvalue weighted by Gasteiger charge is -2.02. The molecule has 0 aliphatic rings. The largest absolute Gasteiger partial charge is 0.296 e. The van der Waals surface area contributed by atoms with Crippen molar-refractivity contribution in [3.63, 3.8) is 0 Å². The number of hydrogen-bond acceptors (Lipinski definition) is 4. The normalized spacial score (nSPS) is 10.5. The van der Waals surface area contributed by atoms with Gasteiger partial charge in [0.1, 0.15) is 10.8 Å². The van der Waals surface area contributed by atoms with Crippen molar-refractivity contribution in [3.05, 3.63) is 64.4 Å². The second kappa shape index (κ2) is 6.33. The Bertz CT molecular complexity index is 820. The number of halogens is 2. The predicted octanol–water partition coefficient (Wildman–Crippen LogP) is 4.36. The third kappa shape index (κ3) is 3.20. The third-order valence-electron chi connectivity index (χ3n) is 2.86. The van der Waals surface area contributed by atoms with Crippen molar-refractivity contribution < 1.29 is 9.18 Å². The van der Waals surface area contributed by atoms with E-state index in [1.807, 2.05) is 6.07 Å². The molecule has 3 aromatic rings. The van der Waals surface area contributed by atoms with Crippen LogP contribution in [0.1, 0.15) is 10.4 Å². The summed E-state index contributed by atoms with van der Waals surface area (Å²) in [6.07, 6.45) is 0. The third-order valence-corrected chi connectivity index (χ3v) is 4.43. The Kier molecular flexibility index (Phi) is 4.26. The van der Waals surface area contributed by atoms with Crippen LogP contribution >= 0.6 is 27.3 Å². The average Bonchev–Trinajstić information content (AvgIpc) is 2.97. The van der Waals surface area contributed by atoms with Gasteiger partial charge in [0, 0.05) is 10.0 Å². The zero-order valence-electron chi connectivity index (χ0n) is 11.1. The highest BCUT2D eigenvalue weighted by atomic mass is 79.9. The van der Waals surface area contributed by atoms with Crippen molar-refractivity contribution in [2.24, 2.45) is 0 Å². The van der Waals surface area contributed by atoms with Crippen molar-refractivity contribution in [3.8, 4) is 10.6 Å². The number of carbonyl (C=O) groups is 1. The van der Waals surface area contributed by atoms with Gasteiger partial charge in [0.05, 0.1) is 5.56 Å². The van der Waals surface area contributed by atoms with Gasteiger partial charge in [-0.1, -0.05) is 23.5 Å². The molecule has 1 aromatic heterocycles. The van der Waals surface area contributed by atoms with E-state index in [-0.39, 0.29) is 11.7 Å². The molecule has 0 saturated heterocycles. The van der Waals surface area contributed by atoms with E-state index in [0.29, 0.717) is 20.2 Å². The van der Waals surface area contributed by atoms with Crippen LogP contribution in [0.2, 0.25) is 0 Å². The van der Waals surface area contributed by atoms with E-state index in [2.05, 4.69) is 31.4 Å². The quantitative estimate of drug-likeness (QED) is 0.737. The first-order valence-corrected chi connectivity index (χ1v) is 7.90. The molecule has 0 radical (unpaired) electrons. The summed E-state index contributed by atoms with van der Waals surface area (Å²) in [6, 6.07) is 13.1. The van der Waals surface area contributed by atoms with Crippen LogP contribution in [0.4, 0.5) is 9.52 Å². The molecule has 0 bridgehead atoms. The highest BCUT2D eigenvalue weighted by Gasteiger charge is 2.13. The van der Waals surface area contributed by atoms with Crippen molar-refractivity contribution in [1.82, 2.24) is 10.2 Å². The first kappa shape index (κ1) is 14.8. The average molecular weight is 378 g/mol. The molecule has 0 spiro atoms. The lowest BCUT2D eigenvalue weighted by atomic mass is 10.2. The Labute approximate surface area is 138 Å². The van der Waals surface area contributed by atoms with Crippen LogP contribution < -0.4 is 5.32 Å². The highest BCUT2D eigenvalue weighted by Crippen LogP contribution is 2.27. The molecule has 22 heavy (non-hydrogen) atoms. The molecule has 0 aliphatic heterocycles. The standard InChI is InChI=1S/C15H9BrFN3OS/c16-12-4-2-1-3-11(12)13(21)18-15-20-19-14(22-15)9-5-7-10(17)8-6-9/h1-8H,(H,18,20,21). The van der Waals surface area contributed by atoms with Crippen molar-refractivity contribution in [2.45, 2.75) is 0 Å². The number of nitrogens with zero attached hydrogens (tertiary/aromatic N) is 2. The van der Waals surface area contributed by atoms with E-state index >= 15 is 0 Å². The Morgan fingerprint density at radius 1 is 1.09 bits per heavy atom. The van der Waals surface area contributed by atoms with Crippen LogP contribution in [0.25, 0.3) is 10.6 Å². The number of anilines is 1. The van der Waals surface area contributed by atoms with Gasteiger partial charge in [-0.05, 0) is 52.3 Å². The number of benzene rings is 2. The van der Waals surface area contributed by atoms with Crippen LogP contribution in [0, 0.1) is 5.82 Å². The molecule has 4 nitrogen and oxygen atoms in total. The summed E-state index contributed by atoms with van der Waals surface area (Å²) in [5.41, 5.74) is 1.27. The van der Waals surface area contributed by atoms with Gasteiger partial charge in [-0.3, -0.25) is 10.1 Å². The molecule has 1 amide bonds. The fourth-order valence-electron chi connectivity index (χ4n) is 1.79. The topological polar surface area (TPSA) is 54.9 Å². The van der Waals surface area contributed by atoms with Crippen LogP contribution in [-0.4, -0.2) is 16.1 Å². The fourth-order valence-corrected chi connectivity index (χ4v) is 3.00. The van der Waals surface area contributed by atoms with Crippen molar-refractivity contribution >= 4 is 38.3 Å². The first-order valence-electron chi connectivity index (χ1n) is 6.29. The molecule has 2 aromatic carbocycles. The Hall–Kier alpha value is -2.12. The van der Waals surface area contributed by atoms with Crippen LogP contribution in [0.5, 0.6) is 0 Å². The van der Waals surface area contributed by atoms with E-state index in [9.17, 15) is 9.18 Å². The molecular weight excluding hydrogens is 369 g/mol. The van der Waals surface area contributed by atoms with Gasteiger partial charge in [-0.25, -0.2) is 4.39 Å². The monoisotopic (exact) mass is 377 g/mol. The summed E-state index contributed by atoms with van der Waals surface area (Å²) in [5.74, 6) is -0.579. The van der Waals surface area contributed by atoms with E-state index in [1.165, 1.54) is 23.5 Å².